The summed E-state index contributed by atoms with van der Waals surface area (Å²) in [5, 5.41) is 0. The second-order valence-electron chi connectivity index (χ2n) is 4.10. The standard InChI is InChI=1S/C10H24O7P2/c1-3-5-7-9-15-18(11,12)17-19(13,14)16-10-8-6-4-2/h3-10H2,1-2H3,(H,11,12)(H,13,14). The Morgan fingerprint density at radius 2 is 1.16 bits per heavy atom. The third-order valence-corrected chi connectivity index (χ3v) is 4.88. The quantitative estimate of drug-likeness (QED) is 0.418. The van der Waals surface area contributed by atoms with Crippen LogP contribution >= 0.6 is 15.6 Å². The number of phosphoric acid groups is 2. The maximum absolute atomic E-state index is 11.4. The van der Waals surface area contributed by atoms with E-state index in [4.69, 9.17) is 0 Å². The van der Waals surface area contributed by atoms with Gasteiger partial charge in [-0.15, -0.1) is 0 Å². The molecule has 0 saturated carbocycles. The van der Waals surface area contributed by atoms with Crippen LogP contribution in [0.25, 0.3) is 0 Å². The van der Waals surface area contributed by atoms with Crippen molar-refractivity contribution >= 4 is 15.6 Å². The average molecular weight is 318 g/mol. The highest BCUT2D eigenvalue weighted by molar-refractivity contribution is 7.61. The Morgan fingerprint density at radius 3 is 1.47 bits per heavy atom. The zero-order valence-electron chi connectivity index (χ0n) is 11.5. The van der Waals surface area contributed by atoms with E-state index >= 15 is 0 Å². The van der Waals surface area contributed by atoms with E-state index < -0.39 is 15.6 Å². The van der Waals surface area contributed by atoms with Crippen LogP contribution in [0, 0.1) is 0 Å². The Hall–Kier alpha value is 0.260. The minimum absolute atomic E-state index is 0.00253. The lowest BCUT2D eigenvalue weighted by Gasteiger charge is -2.15. The molecule has 2 N–H and O–H groups in total. The van der Waals surface area contributed by atoms with Crippen molar-refractivity contribution < 1.29 is 32.3 Å². The Morgan fingerprint density at radius 1 is 0.789 bits per heavy atom. The van der Waals surface area contributed by atoms with Crippen molar-refractivity contribution in [2.75, 3.05) is 13.2 Å². The number of hydrogen-bond acceptors (Lipinski definition) is 5. The van der Waals surface area contributed by atoms with E-state index in [1.165, 1.54) is 0 Å². The molecule has 116 valence electrons. The van der Waals surface area contributed by atoms with Gasteiger partial charge in [0.25, 0.3) is 0 Å². The van der Waals surface area contributed by atoms with Crippen molar-refractivity contribution in [3.05, 3.63) is 0 Å². The fraction of sp³-hybridized carbons (Fsp3) is 1.00. The minimum Gasteiger partial charge on any atom is -0.302 e. The first kappa shape index (κ1) is 19.3. The van der Waals surface area contributed by atoms with Crippen molar-refractivity contribution in [1.29, 1.82) is 0 Å². The largest absolute Gasteiger partial charge is 0.481 e. The molecular weight excluding hydrogens is 294 g/mol. The van der Waals surface area contributed by atoms with Gasteiger partial charge in [0.15, 0.2) is 0 Å². The van der Waals surface area contributed by atoms with E-state index in [0.717, 1.165) is 25.7 Å². The van der Waals surface area contributed by atoms with E-state index in [-0.39, 0.29) is 13.2 Å². The van der Waals surface area contributed by atoms with E-state index in [2.05, 4.69) is 13.4 Å². The lowest BCUT2D eigenvalue weighted by molar-refractivity contribution is 0.152. The summed E-state index contributed by atoms with van der Waals surface area (Å²) >= 11 is 0. The van der Waals surface area contributed by atoms with Crippen LogP contribution in [0.4, 0.5) is 0 Å². The number of rotatable bonds is 12. The molecule has 7 nitrogen and oxygen atoms in total. The minimum atomic E-state index is -4.55. The molecule has 19 heavy (non-hydrogen) atoms. The van der Waals surface area contributed by atoms with E-state index in [9.17, 15) is 18.9 Å². The number of hydrogen-bond donors (Lipinski definition) is 2. The van der Waals surface area contributed by atoms with Crippen LogP contribution in [0.5, 0.6) is 0 Å². The molecule has 0 aliphatic rings. The molecule has 2 atom stereocenters. The predicted molar refractivity (Wildman–Crippen MR) is 71.7 cm³/mol. The molecule has 0 radical (unpaired) electrons. The highest BCUT2D eigenvalue weighted by atomic mass is 31.3. The molecule has 0 heterocycles. The van der Waals surface area contributed by atoms with Crippen molar-refractivity contribution in [3.8, 4) is 0 Å². The van der Waals surface area contributed by atoms with Gasteiger partial charge in [0.05, 0.1) is 13.2 Å². The predicted octanol–water partition coefficient (Wildman–Crippen LogP) is 3.62. The monoisotopic (exact) mass is 318 g/mol. The van der Waals surface area contributed by atoms with Crippen LogP contribution < -0.4 is 0 Å². The fourth-order valence-electron chi connectivity index (χ4n) is 1.24. The zero-order chi connectivity index (χ0) is 14.8. The van der Waals surface area contributed by atoms with Gasteiger partial charge in [-0.3, -0.25) is 9.05 Å². The summed E-state index contributed by atoms with van der Waals surface area (Å²) in [6.45, 7) is 3.94. The van der Waals surface area contributed by atoms with Crippen LogP contribution in [0.2, 0.25) is 0 Å². The lowest BCUT2D eigenvalue weighted by Crippen LogP contribution is -1.99. The molecule has 0 aliphatic carbocycles. The molecule has 0 saturated heterocycles. The van der Waals surface area contributed by atoms with Gasteiger partial charge >= 0.3 is 15.6 Å². The molecule has 0 bridgehead atoms. The topological polar surface area (TPSA) is 102 Å². The molecule has 0 rings (SSSR count). The average Bonchev–Trinajstić information content (AvgIpc) is 2.29. The summed E-state index contributed by atoms with van der Waals surface area (Å²) in [5.41, 5.74) is 0. The van der Waals surface area contributed by atoms with Crippen molar-refractivity contribution in [3.63, 3.8) is 0 Å². The van der Waals surface area contributed by atoms with E-state index in [0.29, 0.717) is 12.8 Å². The zero-order valence-corrected chi connectivity index (χ0v) is 13.3. The van der Waals surface area contributed by atoms with Gasteiger partial charge in [-0.2, -0.15) is 4.31 Å². The maximum atomic E-state index is 11.4. The number of phosphoric ester groups is 2. The third-order valence-electron chi connectivity index (χ3n) is 2.21. The Bertz CT molecular complexity index is 291. The van der Waals surface area contributed by atoms with Crippen molar-refractivity contribution in [1.82, 2.24) is 0 Å². The molecule has 0 fully saturated rings. The van der Waals surface area contributed by atoms with Gasteiger partial charge in [0.1, 0.15) is 0 Å². The third kappa shape index (κ3) is 11.8. The SMILES string of the molecule is CCCCCOP(=O)(O)OP(=O)(O)OCCCCC. The van der Waals surface area contributed by atoms with Crippen LogP contribution in [0.15, 0.2) is 0 Å². The summed E-state index contributed by atoms with van der Waals surface area (Å²) in [4.78, 5) is 18.5. The first-order valence-electron chi connectivity index (χ1n) is 6.49. The summed E-state index contributed by atoms with van der Waals surface area (Å²) < 4.78 is 36.1. The molecular formula is C10H24O7P2. The maximum Gasteiger partial charge on any atom is 0.481 e. The lowest BCUT2D eigenvalue weighted by atomic mass is 10.3. The van der Waals surface area contributed by atoms with Gasteiger partial charge < -0.3 is 9.79 Å². The molecule has 9 heteroatoms. The molecule has 0 aromatic rings. The highest BCUT2D eigenvalue weighted by Crippen LogP contribution is 2.60. The number of unbranched alkanes of at least 4 members (excludes halogenated alkanes) is 4. The van der Waals surface area contributed by atoms with Crippen LogP contribution in [-0.4, -0.2) is 23.0 Å². The first-order chi connectivity index (χ1) is 8.83. The Kier molecular flexibility index (Phi) is 10.2. The first-order valence-corrected chi connectivity index (χ1v) is 9.48. The normalized spacial score (nSPS) is 17.9. The second kappa shape index (κ2) is 10.1. The summed E-state index contributed by atoms with van der Waals surface area (Å²) in [5.74, 6) is 0. The summed E-state index contributed by atoms with van der Waals surface area (Å²) in [6, 6.07) is 0. The van der Waals surface area contributed by atoms with E-state index in [1.54, 1.807) is 0 Å². The van der Waals surface area contributed by atoms with E-state index in [1.807, 2.05) is 13.8 Å². The summed E-state index contributed by atoms with van der Waals surface area (Å²) in [6.07, 6.45) is 4.70. The van der Waals surface area contributed by atoms with Gasteiger partial charge in [-0.05, 0) is 12.8 Å². The van der Waals surface area contributed by atoms with Gasteiger partial charge in [0.2, 0.25) is 0 Å². The molecule has 2 unspecified atom stereocenters. The molecule has 0 aromatic heterocycles. The molecule has 0 amide bonds. The smallest absolute Gasteiger partial charge is 0.302 e. The molecule has 0 aliphatic heterocycles. The van der Waals surface area contributed by atoms with Crippen molar-refractivity contribution in [2.24, 2.45) is 0 Å². The highest BCUT2D eigenvalue weighted by Gasteiger charge is 2.34. The van der Waals surface area contributed by atoms with Gasteiger partial charge in [-0.25, -0.2) is 9.13 Å². The van der Waals surface area contributed by atoms with Gasteiger partial charge in [-0.1, -0.05) is 39.5 Å². The van der Waals surface area contributed by atoms with Crippen LogP contribution in [0.3, 0.4) is 0 Å². The second-order valence-corrected chi connectivity index (χ2v) is 7.14. The Labute approximate surface area is 114 Å². The Balaban J connectivity index is 4.01. The summed E-state index contributed by atoms with van der Waals surface area (Å²) in [7, 11) is -9.10. The van der Waals surface area contributed by atoms with Gasteiger partial charge in [0, 0.05) is 0 Å². The fourth-order valence-corrected chi connectivity index (χ4v) is 3.38. The van der Waals surface area contributed by atoms with Crippen LogP contribution in [0.1, 0.15) is 52.4 Å². The molecule has 0 spiro atoms. The van der Waals surface area contributed by atoms with Crippen molar-refractivity contribution in [2.45, 2.75) is 52.4 Å². The molecule has 0 aromatic carbocycles. The van der Waals surface area contributed by atoms with Crippen LogP contribution in [-0.2, 0) is 22.5 Å².